The fourth-order valence-corrected chi connectivity index (χ4v) is 3.49. The summed E-state index contributed by atoms with van der Waals surface area (Å²) in [5, 5.41) is 15.4. The van der Waals surface area contributed by atoms with Crippen LogP contribution in [0.15, 0.2) is 12.1 Å². The predicted molar refractivity (Wildman–Crippen MR) is 104 cm³/mol. The second-order valence-corrected chi connectivity index (χ2v) is 6.55. The Morgan fingerprint density at radius 2 is 1.74 bits per heavy atom. The molecule has 0 atom stereocenters. The molecule has 2 aromatic rings. The number of carbonyl (C=O) groups is 1. The summed E-state index contributed by atoms with van der Waals surface area (Å²) in [4.78, 5) is 13.0. The molecule has 146 valence electrons. The summed E-state index contributed by atoms with van der Waals surface area (Å²) in [6, 6.07) is 2.80. The van der Waals surface area contributed by atoms with Gasteiger partial charge >= 0.3 is 0 Å². The number of benzene rings is 1. The third-order valence-corrected chi connectivity index (χ3v) is 4.86. The van der Waals surface area contributed by atoms with Crippen LogP contribution in [0.3, 0.4) is 0 Å². The van der Waals surface area contributed by atoms with E-state index < -0.39 is 5.91 Å². The molecule has 0 bridgehead atoms. The normalized spacial score (nSPS) is 10.8. The van der Waals surface area contributed by atoms with Crippen molar-refractivity contribution in [1.29, 1.82) is 0 Å². The largest absolute Gasteiger partial charge is 0.618 e. The van der Waals surface area contributed by atoms with Crippen molar-refractivity contribution in [1.82, 2.24) is 0 Å². The lowest BCUT2D eigenvalue weighted by Crippen LogP contribution is -2.37. The van der Waals surface area contributed by atoms with Crippen molar-refractivity contribution < 1.29 is 18.7 Å². The van der Waals surface area contributed by atoms with E-state index in [0.29, 0.717) is 46.7 Å². The zero-order valence-corrected chi connectivity index (χ0v) is 17.0. The SMILES string of the molecule is CCOc1c(Cl)c(C(=O)Nc2c(CC)cc(F)cc2CC)c(C)[n+]([O-])c1C. The molecule has 1 amide bonds. The first-order valence-corrected chi connectivity index (χ1v) is 9.32. The Balaban J connectivity index is 2.58. The molecular formula is C20H24ClFN2O3. The number of aryl methyl sites for hydroxylation is 2. The van der Waals surface area contributed by atoms with Crippen molar-refractivity contribution in [2.75, 3.05) is 11.9 Å². The molecule has 7 heteroatoms. The molecule has 0 saturated carbocycles. The first-order valence-electron chi connectivity index (χ1n) is 8.94. The molecule has 1 aromatic carbocycles. The third kappa shape index (κ3) is 4.00. The van der Waals surface area contributed by atoms with Crippen LogP contribution in [0.4, 0.5) is 10.1 Å². The van der Waals surface area contributed by atoms with Crippen LogP contribution in [0.25, 0.3) is 0 Å². The lowest BCUT2D eigenvalue weighted by Gasteiger charge is -2.18. The van der Waals surface area contributed by atoms with Gasteiger partial charge in [-0.1, -0.05) is 25.4 Å². The van der Waals surface area contributed by atoms with E-state index in [1.54, 1.807) is 13.8 Å². The molecule has 0 fully saturated rings. The van der Waals surface area contributed by atoms with Gasteiger partial charge in [0.2, 0.25) is 17.1 Å². The zero-order chi connectivity index (χ0) is 20.3. The number of nitrogens with zero attached hydrogens (tertiary/aromatic N) is 1. The Kier molecular flexibility index (Phi) is 6.65. The van der Waals surface area contributed by atoms with E-state index >= 15 is 0 Å². The Labute approximate surface area is 163 Å². The predicted octanol–water partition coefficient (Wildman–Crippen LogP) is 4.51. The maximum Gasteiger partial charge on any atom is 0.263 e. The van der Waals surface area contributed by atoms with Gasteiger partial charge in [-0.3, -0.25) is 4.79 Å². The first kappa shape index (κ1) is 21.0. The first-order chi connectivity index (χ1) is 12.8. The molecular weight excluding hydrogens is 371 g/mol. The number of nitrogens with one attached hydrogen (secondary N) is 1. The number of halogens is 2. The van der Waals surface area contributed by atoms with Crippen LogP contribution in [0.2, 0.25) is 5.02 Å². The van der Waals surface area contributed by atoms with E-state index in [1.165, 1.54) is 19.1 Å². The van der Waals surface area contributed by atoms with Gasteiger partial charge in [-0.25, -0.2) is 4.39 Å². The molecule has 0 unspecified atom stereocenters. The standard InChI is InChI=1S/C20H24ClFN2O3/c1-6-13-9-15(22)10-14(7-2)18(13)23-20(25)16-11(4)24(26)12(5)19(17(16)21)27-8-3/h9-10H,6-8H2,1-5H3,(H,23,25). The summed E-state index contributed by atoms with van der Waals surface area (Å²) in [6.07, 6.45) is 1.10. The van der Waals surface area contributed by atoms with Gasteiger partial charge in [0.25, 0.3) is 5.91 Å². The molecule has 0 saturated heterocycles. The summed E-state index contributed by atoms with van der Waals surface area (Å²) in [7, 11) is 0. The lowest BCUT2D eigenvalue weighted by molar-refractivity contribution is -0.619. The van der Waals surface area contributed by atoms with Gasteiger partial charge in [-0.15, -0.1) is 0 Å². The van der Waals surface area contributed by atoms with Gasteiger partial charge in [0.05, 0.1) is 6.61 Å². The molecule has 0 aliphatic heterocycles. The highest BCUT2D eigenvalue weighted by molar-refractivity contribution is 6.36. The van der Waals surface area contributed by atoms with Gasteiger partial charge in [0, 0.05) is 19.5 Å². The van der Waals surface area contributed by atoms with Gasteiger partial charge in [0.15, 0.2) is 0 Å². The van der Waals surface area contributed by atoms with Crippen molar-refractivity contribution in [2.24, 2.45) is 0 Å². The van der Waals surface area contributed by atoms with Gasteiger partial charge in [0.1, 0.15) is 16.4 Å². The molecule has 0 radical (unpaired) electrons. The summed E-state index contributed by atoms with van der Waals surface area (Å²) < 4.78 is 19.9. The van der Waals surface area contributed by atoms with Crippen LogP contribution < -0.4 is 14.8 Å². The number of aromatic nitrogens is 1. The van der Waals surface area contributed by atoms with E-state index in [-0.39, 0.29) is 27.8 Å². The fourth-order valence-electron chi connectivity index (χ4n) is 3.07. The van der Waals surface area contributed by atoms with Gasteiger partial charge < -0.3 is 15.3 Å². The number of amides is 1. The number of hydrogen-bond acceptors (Lipinski definition) is 3. The number of ether oxygens (including phenoxy) is 1. The summed E-state index contributed by atoms with van der Waals surface area (Å²) in [5.41, 5.74) is 2.44. The Hall–Kier alpha value is -2.34. The molecule has 1 aromatic heterocycles. The highest BCUT2D eigenvalue weighted by Crippen LogP contribution is 2.33. The molecule has 1 N–H and O–H groups in total. The van der Waals surface area contributed by atoms with Crippen LogP contribution in [-0.2, 0) is 12.8 Å². The maximum absolute atomic E-state index is 13.8. The zero-order valence-electron chi connectivity index (χ0n) is 16.2. The smallest absolute Gasteiger partial charge is 0.263 e. The monoisotopic (exact) mass is 394 g/mol. The number of carbonyl (C=O) groups excluding carboxylic acids is 1. The minimum atomic E-state index is -0.529. The second-order valence-electron chi connectivity index (χ2n) is 6.18. The van der Waals surface area contributed by atoms with E-state index in [1.807, 2.05) is 13.8 Å². The molecule has 0 aliphatic carbocycles. The van der Waals surface area contributed by atoms with Crippen molar-refractivity contribution in [2.45, 2.75) is 47.5 Å². The van der Waals surface area contributed by atoms with E-state index in [4.69, 9.17) is 16.3 Å². The van der Waals surface area contributed by atoms with Gasteiger partial charge in [-0.05, 0) is 43.0 Å². The number of hydrogen-bond donors (Lipinski definition) is 1. The van der Waals surface area contributed by atoms with Crippen molar-refractivity contribution >= 4 is 23.2 Å². The summed E-state index contributed by atoms with van der Waals surface area (Å²) in [5.74, 6) is -0.684. The maximum atomic E-state index is 13.8. The minimum absolute atomic E-state index is 0.0501. The molecule has 2 rings (SSSR count). The van der Waals surface area contributed by atoms with Crippen molar-refractivity contribution in [3.63, 3.8) is 0 Å². The minimum Gasteiger partial charge on any atom is -0.618 e. The quantitative estimate of drug-likeness (QED) is 0.579. The van der Waals surface area contributed by atoms with Crippen molar-refractivity contribution in [3.8, 4) is 5.75 Å². The average molecular weight is 395 g/mol. The number of pyridine rings is 1. The molecule has 5 nitrogen and oxygen atoms in total. The summed E-state index contributed by atoms with van der Waals surface area (Å²) >= 11 is 6.41. The number of anilines is 1. The van der Waals surface area contributed by atoms with Crippen LogP contribution >= 0.6 is 11.6 Å². The number of rotatable bonds is 6. The second kappa shape index (κ2) is 8.57. The van der Waals surface area contributed by atoms with Crippen LogP contribution in [0.5, 0.6) is 5.75 Å². The lowest BCUT2D eigenvalue weighted by atomic mass is 10.0. The topological polar surface area (TPSA) is 65.3 Å². The van der Waals surface area contributed by atoms with Crippen molar-refractivity contribution in [3.05, 3.63) is 56.3 Å². The van der Waals surface area contributed by atoms with E-state index in [0.717, 1.165) is 0 Å². The highest BCUT2D eigenvalue weighted by Gasteiger charge is 2.28. The third-order valence-electron chi connectivity index (χ3n) is 4.50. The fraction of sp³-hybridized carbons (Fsp3) is 0.400. The Bertz CT molecular complexity index is 859. The van der Waals surface area contributed by atoms with Gasteiger partial charge in [-0.2, -0.15) is 4.73 Å². The highest BCUT2D eigenvalue weighted by atomic mass is 35.5. The molecule has 1 heterocycles. The Morgan fingerprint density at radius 1 is 1.19 bits per heavy atom. The molecule has 0 spiro atoms. The van der Waals surface area contributed by atoms with Crippen LogP contribution in [-0.4, -0.2) is 12.5 Å². The van der Waals surface area contributed by atoms with Crippen LogP contribution in [0, 0.1) is 24.9 Å². The van der Waals surface area contributed by atoms with E-state index in [2.05, 4.69) is 5.32 Å². The average Bonchev–Trinajstić information content (AvgIpc) is 2.64. The Morgan fingerprint density at radius 3 is 2.22 bits per heavy atom. The van der Waals surface area contributed by atoms with E-state index in [9.17, 15) is 14.4 Å². The molecule has 0 aliphatic rings. The summed E-state index contributed by atoms with van der Waals surface area (Å²) in [6.45, 7) is 8.96. The van der Waals surface area contributed by atoms with Crippen LogP contribution in [0.1, 0.15) is 53.6 Å². The molecule has 27 heavy (non-hydrogen) atoms.